The van der Waals surface area contributed by atoms with Crippen LogP contribution in [0.4, 0.5) is 11.9 Å². The summed E-state index contributed by atoms with van der Waals surface area (Å²) in [6.45, 7) is 3.92. The fourth-order valence-corrected chi connectivity index (χ4v) is 7.41. The Hall–Kier alpha value is -3.35. The number of carbonyl (C=O) groups is 1. The zero-order valence-electron chi connectivity index (χ0n) is 23.3. The van der Waals surface area contributed by atoms with Gasteiger partial charge in [0.2, 0.25) is 11.9 Å². The fourth-order valence-electron chi connectivity index (χ4n) is 6.19. The molecule has 0 aromatic carbocycles. The Bertz CT molecular complexity index is 1780. The van der Waals surface area contributed by atoms with Gasteiger partial charge in [-0.15, -0.1) is 0 Å². The summed E-state index contributed by atoms with van der Waals surface area (Å²) >= 11 is 6.73. The number of H-pyrrole nitrogens is 2. The number of esters is 1. The van der Waals surface area contributed by atoms with Crippen molar-refractivity contribution < 1.29 is 19.7 Å². The lowest BCUT2D eigenvalue weighted by Gasteiger charge is -2.45. The molecule has 6 unspecified atom stereocenters. The van der Waals surface area contributed by atoms with Gasteiger partial charge in [0.25, 0.3) is 11.1 Å². The Morgan fingerprint density at radius 3 is 1.81 bits per heavy atom. The summed E-state index contributed by atoms with van der Waals surface area (Å²) in [6.07, 6.45) is 2.46. The van der Waals surface area contributed by atoms with Crippen LogP contribution in [0, 0.1) is 23.7 Å². The van der Waals surface area contributed by atoms with Gasteiger partial charge in [0.1, 0.15) is 0 Å². The number of aliphatic hydroxyl groups excluding tert-OH is 2. The minimum absolute atomic E-state index is 0.0229. The molecule has 6 rings (SSSR count). The van der Waals surface area contributed by atoms with Crippen molar-refractivity contribution in [3.05, 3.63) is 30.2 Å². The molecule has 43 heavy (non-hydrogen) atoms. The molecular formula is C25H32Br2N10O6. The highest BCUT2D eigenvalue weighted by atomic mass is 79.9. The van der Waals surface area contributed by atoms with Crippen molar-refractivity contribution in [3.8, 4) is 0 Å². The molecule has 0 saturated heterocycles. The van der Waals surface area contributed by atoms with Crippen LogP contribution in [0.2, 0.25) is 0 Å². The largest absolute Gasteiger partial charge is 0.466 e. The molecular weight excluding hydrogens is 696 g/mol. The van der Waals surface area contributed by atoms with Gasteiger partial charge in [0.15, 0.2) is 31.8 Å². The lowest BCUT2D eigenvalue weighted by molar-refractivity contribution is -0.145. The first-order valence-electron chi connectivity index (χ1n) is 13.7. The Labute approximate surface area is 260 Å². The number of hydrogen-bond donors (Lipinski definition) is 6. The molecule has 0 spiro atoms. The van der Waals surface area contributed by atoms with E-state index >= 15 is 0 Å². The molecule has 4 aromatic rings. The molecule has 0 amide bonds. The highest BCUT2D eigenvalue weighted by Crippen LogP contribution is 2.48. The van der Waals surface area contributed by atoms with Gasteiger partial charge in [-0.2, -0.15) is 9.97 Å². The fraction of sp³-hybridized carbons (Fsp3) is 0.560. The van der Waals surface area contributed by atoms with Crippen LogP contribution in [0.15, 0.2) is 19.1 Å². The average molecular weight is 728 g/mol. The first-order chi connectivity index (χ1) is 20.5. The summed E-state index contributed by atoms with van der Waals surface area (Å²) < 4.78 is 9.84. The van der Waals surface area contributed by atoms with E-state index in [-0.39, 0.29) is 71.6 Å². The van der Waals surface area contributed by atoms with E-state index in [9.17, 15) is 24.6 Å². The van der Waals surface area contributed by atoms with Crippen molar-refractivity contribution in [2.45, 2.75) is 45.2 Å². The van der Waals surface area contributed by atoms with Crippen molar-refractivity contribution in [2.24, 2.45) is 23.7 Å². The molecule has 2 aliphatic carbocycles. The van der Waals surface area contributed by atoms with Gasteiger partial charge < -0.3 is 26.4 Å². The normalized spacial score (nSPS) is 24.7. The maximum atomic E-state index is 12.0. The number of nitrogen functional groups attached to an aromatic ring is 2. The van der Waals surface area contributed by atoms with Crippen molar-refractivity contribution in [1.82, 2.24) is 39.0 Å². The Morgan fingerprint density at radius 2 is 1.37 bits per heavy atom. The molecule has 16 nitrogen and oxygen atoms in total. The van der Waals surface area contributed by atoms with Crippen LogP contribution < -0.4 is 22.6 Å². The third-order valence-electron chi connectivity index (χ3n) is 8.42. The van der Waals surface area contributed by atoms with Gasteiger partial charge in [-0.05, 0) is 62.5 Å². The second-order valence-corrected chi connectivity index (χ2v) is 12.2. The number of aliphatic hydroxyl groups is 2. The predicted octanol–water partition coefficient (Wildman–Crippen LogP) is 1.24. The number of fused-ring (bicyclic) bond motifs is 2. The zero-order valence-corrected chi connectivity index (χ0v) is 26.5. The summed E-state index contributed by atoms with van der Waals surface area (Å²) in [5.74, 6) is 0.418. The van der Waals surface area contributed by atoms with Crippen LogP contribution in [0.5, 0.6) is 0 Å². The van der Waals surface area contributed by atoms with Crippen LogP contribution >= 0.6 is 31.9 Å². The molecule has 2 fully saturated rings. The Morgan fingerprint density at radius 1 is 0.884 bits per heavy atom. The lowest BCUT2D eigenvalue weighted by Crippen LogP contribution is -2.42. The smallest absolute Gasteiger partial charge is 0.302 e. The highest BCUT2D eigenvalue weighted by molar-refractivity contribution is 9.10. The van der Waals surface area contributed by atoms with Crippen LogP contribution in [-0.2, 0) is 9.53 Å². The summed E-state index contributed by atoms with van der Waals surface area (Å²) in [7, 11) is 0. The maximum absolute atomic E-state index is 12.0. The first-order valence-corrected chi connectivity index (χ1v) is 15.3. The Kier molecular flexibility index (Phi) is 8.92. The monoisotopic (exact) mass is 726 g/mol. The van der Waals surface area contributed by atoms with E-state index in [4.69, 9.17) is 16.2 Å². The van der Waals surface area contributed by atoms with Gasteiger partial charge >= 0.3 is 5.97 Å². The molecule has 2 aliphatic rings. The van der Waals surface area contributed by atoms with E-state index < -0.39 is 5.56 Å². The topological polar surface area (TPSA) is 246 Å². The summed E-state index contributed by atoms with van der Waals surface area (Å²) in [5, 5.41) is 18.7. The number of rotatable bonds is 7. The number of aromatic amines is 2. The van der Waals surface area contributed by atoms with E-state index in [0.29, 0.717) is 45.6 Å². The summed E-state index contributed by atoms with van der Waals surface area (Å²) in [4.78, 5) is 56.4. The minimum Gasteiger partial charge on any atom is -0.466 e. The number of hydrogen-bond acceptors (Lipinski definition) is 12. The number of anilines is 2. The number of imidazole rings is 2. The van der Waals surface area contributed by atoms with Gasteiger partial charge in [0.05, 0.1) is 6.61 Å². The lowest BCUT2D eigenvalue weighted by atomic mass is 9.68. The quantitative estimate of drug-likeness (QED) is 0.116. The standard InChI is InChI=1S/C14H18BrN5O3.C11H14BrN5O3/c1-3-8-7(5-23-6(2)21)4-9(8)20-11-10(17-13(20)15)12(22)19-14(16)18-11;12-10-14-7-8(15-11(13)16-9(7)20)17(10)6-1-4(2-18)5(6)3-19/h7-9H,3-5H2,1-2H3,(H3,16,18,19,22);4-6,18-19H,1-3H2,(H3,13,15,16,20). The van der Waals surface area contributed by atoms with Crippen molar-refractivity contribution in [1.29, 1.82) is 0 Å². The number of nitrogens with two attached hydrogens (primary N) is 2. The molecule has 0 bridgehead atoms. The van der Waals surface area contributed by atoms with E-state index in [1.54, 1.807) is 4.57 Å². The number of aromatic nitrogens is 8. The van der Waals surface area contributed by atoms with E-state index in [2.05, 4.69) is 68.7 Å². The summed E-state index contributed by atoms with van der Waals surface area (Å²) in [5.41, 5.74) is 11.8. The van der Waals surface area contributed by atoms with E-state index in [1.165, 1.54) is 6.92 Å². The summed E-state index contributed by atoms with van der Waals surface area (Å²) in [6, 6.07) is 0.0823. The van der Waals surface area contributed by atoms with Crippen LogP contribution in [-0.4, -0.2) is 75.0 Å². The van der Waals surface area contributed by atoms with Gasteiger partial charge in [0, 0.05) is 38.1 Å². The number of carbonyl (C=O) groups excluding carboxylic acids is 1. The highest BCUT2D eigenvalue weighted by Gasteiger charge is 2.44. The number of ether oxygens (including phenoxy) is 1. The van der Waals surface area contributed by atoms with Gasteiger partial charge in [-0.25, -0.2) is 9.97 Å². The molecule has 4 aromatic heterocycles. The molecule has 18 heteroatoms. The number of nitrogens with zero attached hydrogens (tertiary/aromatic N) is 6. The van der Waals surface area contributed by atoms with E-state index in [0.717, 1.165) is 12.8 Å². The maximum Gasteiger partial charge on any atom is 0.302 e. The van der Waals surface area contributed by atoms with Crippen LogP contribution in [0.25, 0.3) is 22.3 Å². The predicted molar refractivity (Wildman–Crippen MR) is 163 cm³/mol. The van der Waals surface area contributed by atoms with Crippen LogP contribution in [0.1, 0.15) is 45.2 Å². The molecule has 0 radical (unpaired) electrons. The average Bonchev–Trinajstić information content (AvgIpc) is 3.40. The molecule has 6 atom stereocenters. The van der Waals surface area contributed by atoms with Gasteiger partial charge in [-0.3, -0.25) is 33.5 Å². The van der Waals surface area contributed by atoms with Crippen molar-refractivity contribution in [2.75, 3.05) is 31.3 Å². The molecule has 4 heterocycles. The second-order valence-electron chi connectivity index (χ2n) is 10.8. The molecule has 0 aliphatic heterocycles. The number of halogens is 2. The van der Waals surface area contributed by atoms with Crippen LogP contribution in [0.3, 0.4) is 0 Å². The zero-order chi connectivity index (χ0) is 31.2. The second kappa shape index (κ2) is 12.3. The van der Waals surface area contributed by atoms with Crippen molar-refractivity contribution >= 4 is 72.1 Å². The minimum atomic E-state index is -0.398. The molecule has 2 saturated carbocycles. The SMILES string of the molecule is CCC1C(COC(C)=O)CC1n1c(Br)nc2c(=O)[nH]c(N)nc21.Nc1nc2c(nc(Br)n2C2CC(CO)C2CO)c(=O)[nH]1. The van der Waals surface area contributed by atoms with Gasteiger partial charge in [-0.1, -0.05) is 13.3 Å². The third kappa shape index (κ3) is 5.67. The molecule has 8 N–H and O–H groups in total. The molecule has 232 valence electrons. The van der Waals surface area contributed by atoms with E-state index in [1.807, 2.05) is 4.57 Å². The number of nitrogens with one attached hydrogen (secondary N) is 2. The van der Waals surface area contributed by atoms with Crippen molar-refractivity contribution in [3.63, 3.8) is 0 Å². The first kappa shape index (κ1) is 31.1. The third-order valence-corrected chi connectivity index (χ3v) is 9.54. The Balaban J connectivity index is 0.000000173.